The molecule has 0 heterocycles. The second kappa shape index (κ2) is 3.72. The van der Waals surface area contributed by atoms with Crippen LogP contribution in [0.4, 0.5) is 0 Å². The SMILES string of the molecule is COC(=O)[C@@H](O)CC(C)(C)C. The fourth-order valence-corrected chi connectivity index (χ4v) is 0.799. The van der Waals surface area contributed by atoms with Crippen molar-refractivity contribution in [1.29, 1.82) is 0 Å². The van der Waals surface area contributed by atoms with Crippen LogP contribution in [-0.4, -0.2) is 24.3 Å². The first-order chi connectivity index (χ1) is 4.87. The van der Waals surface area contributed by atoms with Crippen LogP contribution in [0.1, 0.15) is 27.2 Å². The second-order valence-corrected chi connectivity index (χ2v) is 3.80. The van der Waals surface area contributed by atoms with Gasteiger partial charge in [-0.15, -0.1) is 0 Å². The lowest BCUT2D eigenvalue weighted by Gasteiger charge is -2.20. The molecule has 0 amide bonds. The summed E-state index contributed by atoms with van der Waals surface area (Å²) in [5.41, 5.74) is -0.0480. The van der Waals surface area contributed by atoms with Crippen LogP contribution in [0.5, 0.6) is 0 Å². The number of methoxy groups -OCH3 is 1. The first-order valence-corrected chi connectivity index (χ1v) is 3.63. The summed E-state index contributed by atoms with van der Waals surface area (Å²) in [4.78, 5) is 10.7. The Bertz CT molecular complexity index is 135. The lowest BCUT2D eigenvalue weighted by atomic mass is 9.89. The highest BCUT2D eigenvalue weighted by molar-refractivity contribution is 5.74. The smallest absolute Gasteiger partial charge is 0.334 e. The van der Waals surface area contributed by atoms with Crippen molar-refractivity contribution in [3.63, 3.8) is 0 Å². The van der Waals surface area contributed by atoms with Gasteiger partial charge in [0.15, 0.2) is 6.10 Å². The van der Waals surface area contributed by atoms with Gasteiger partial charge in [0.2, 0.25) is 0 Å². The number of aliphatic hydroxyl groups excluding tert-OH is 1. The van der Waals surface area contributed by atoms with Gasteiger partial charge in [-0.3, -0.25) is 0 Å². The lowest BCUT2D eigenvalue weighted by Crippen LogP contribution is -2.26. The molecule has 11 heavy (non-hydrogen) atoms. The third-order valence-corrected chi connectivity index (χ3v) is 1.28. The van der Waals surface area contributed by atoms with Crippen LogP contribution >= 0.6 is 0 Å². The quantitative estimate of drug-likeness (QED) is 0.612. The Kier molecular flexibility index (Phi) is 3.52. The number of rotatable bonds is 2. The van der Waals surface area contributed by atoms with Crippen LogP contribution in [-0.2, 0) is 9.53 Å². The van der Waals surface area contributed by atoms with Gasteiger partial charge in [-0.05, 0) is 11.8 Å². The molecule has 0 aliphatic heterocycles. The van der Waals surface area contributed by atoms with E-state index in [9.17, 15) is 9.90 Å². The molecule has 0 rings (SSSR count). The van der Waals surface area contributed by atoms with Crippen LogP contribution in [0.15, 0.2) is 0 Å². The topological polar surface area (TPSA) is 46.5 Å². The molecular formula is C8H16O3. The van der Waals surface area contributed by atoms with Gasteiger partial charge >= 0.3 is 5.97 Å². The maximum Gasteiger partial charge on any atom is 0.334 e. The van der Waals surface area contributed by atoms with E-state index in [0.29, 0.717) is 6.42 Å². The van der Waals surface area contributed by atoms with Crippen LogP contribution in [0.25, 0.3) is 0 Å². The summed E-state index contributed by atoms with van der Waals surface area (Å²) in [5.74, 6) is -0.556. The van der Waals surface area contributed by atoms with Crippen molar-refractivity contribution in [3.05, 3.63) is 0 Å². The molecule has 3 heteroatoms. The molecule has 0 bridgehead atoms. The van der Waals surface area contributed by atoms with Crippen LogP contribution in [0.2, 0.25) is 0 Å². The normalized spacial score (nSPS) is 14.3. The summed E-state index contributed by atoms with van der Waals surface area (Å²) in [6.45, 7) is 5.87. The van der Waals surface area contributed by atoms with Gasteiger partial charge in [0.1, 0.15) is 0 Å². The van der Waals surface area contributed by atoms with Gasteiger partial charge in [-0.25, -0.2) is 4.79 Å². The number of ether oxygens (including phenoxy) is 1. The Morgan fingerprint density at radius 1 is 1.55 bits per heavy atom. The number of hydrogen-bond acceptors (Lipinski definition) is 3. The zero-order chi connectivity index (χ0) is 9.07. The number of esters is 1. The fraction of sp³-hybridized carbons (Fsp3) is 0.875. The first-order valence-electron chi connectivity index (χ1n) is 3.63. The summed E-state index contributed by atoms with van der Waals surface area (Å²) < 4.78 is 4.37. The maximum absolute atomic E-state index is 10.7. The predicted molar refractivity (Wildman–Crippen MR) is 42.1 cm³/mol. The molecule has 0 unspecified atom stereocenters. The Hall–Kier alpha value is -0.570. The van der Waals surface area contributed by atoms with Crippen molar-refractivity contribution >= 4 is 5.97 Å². The molecule has 0 aromatic heterocycles. The minimum absolute atomic E-state index is 0.0480. The number of aliphatic hydroxyl groups is 1. The van der Waals surface area contributed by atoms with Gasteiger partial charge in [0.25, 0.3) is 0 Å². The number of hydrogen-bond donors (Lipinski definition) is 1. The Morgan fingerprint density at radius 2 is 2.00 bits per heavy atom. The highest BCUT2D eigenvalue weighted by atomic mass is 16.5. The average molecular weight is 160 g/mol. The minimum Gasteiger partial charge on any atom is -0.467 e. The molecule has 0 radical (unpaired) electrons. The molecule has 0 aliphatic rings. The van der Waals surface area contributed by atoms with Crippen LogP contribution in [0.3, 0.4) is 0 Å². The molecular weight excluding hydrogens is 144 g/mol. The summed E-state index contributed by atoms with van der Waals surface area (Å²) in [5, 5.41) is 9.18. The van der Waals surface area contributed by atoms with E-state index >= 15 is 0 Å². The number of carbonyl (C=O) groups is 1. The standard InChI is InChI=1S/C8H16O3/c1-8(2,3)5-6(9)7(10)11-4/h6,9H,5H2,1-4H3/t6-/m0/s1. The molecule has 0 saturated heterocycles. The van der Waals surface area contributed by atoms with E-state index in [1.165, 1.54) is 7.11 Å². The lowest BCUT2D eigenvalue weighted by molar-refractivity contribution is -0.151. The van der Waals surface area contributed by atoms with E-state index in [1.54, 1.807) is 0 Å². The van der Waals surface area contributed by atoms with E-state index in [0.717, 1.165) is 0 Å². The molecule has 1 N–H and O–H groups in total. The minimum atomic E-state index is -0.986. The van der Waals surface area contributed by atoms with E-state index in [-0.39, 0.29) is 5.41 Å². The summed E-state index contributed by atoms with van der Waals surface area (Å²) in [6.07, 6.45) is -0.556. The van der Waals surface area contributed by atoms with Gasteiger partial charge < -0.3 is 9.84 Å². The van der Waals surface area contributed by atoms with Crippen molar-refractivity contribution in [2.75, 3.05) is 7.11 Å². The third kappa shape index (κ3) is 4.79. The van der Waals surface area contributed by atoms with Crippen molar-refractivity contribution in [3.8, 4) is 0 Å². The molecule has 66 valence electrons. The number of carbonyl (C=O) groups excluding carboxylic acids is 1. The van der Waals surface area contributed by atoms with Gasteiger partial charge in [0.05, 0.1) is 7.11 Å². The monoisotopic (exact) mass is 160 g/mol. The summed E-state index contributed by atoms with van der Waals surface area (Å²) in [6, 6.07) is 0. The maximum atomic E-state index is 10.7. The van der Waals surface area contributed by atoms with Gasteiger partial charge in [-0.2, -0.15) is 0 Å². The zero-order valence-electron chi connectivity index (χ0n) is 7.55. The second-order valence-electron chi connectivity index (χ2n) is 3.80. The van der Waals surface area contributed by atoms with Crippen LogP contribution < -0.4 is 0 Å². The largest absolute Gasteiger partial charge is 0.467 e. The molecule has 0 spiro atoms. The molecule has 3 nitrogen and oxygen atoms in total. The van der Waals surface area contributed by atoms with E-state index < -0.39 is 12.1 Å². The van der Waals surface area contributed by atoms with Crippen molar-refractivity contribution in [1.82, 2.24) is 0 Å². The van der Waals surface area contributed by atoms with Crippen molar-refractivity contribution in [2.45, 2.75) is 33.3 Å². The fourth-order valence-electron chi connectivity index (χ4n) is 0.799. The highest BCUT2D eigenvalue weighted by Gasteiger charge is 2.22. The summed E-state index contributed by atoms with van der Waals surface area (Å²) >= 11 is 0. The Morgan fingerprint density at radius 3 is 2.27 bits per heavy atom. The Labute approximate surface area is 67.4 Å². The van der Waals surface area contributed by atoms with Gasteiger partial charge in [-0.1, -0.05) is 20.8 Å². The van der Waals surface area contributed by atoms with Crippen molar-refractivity contribution < 1.29 is 14.6 Å². The average Bonchev–Trinajstić information content (AvgIpc) is 1.82. The molecule has 0 aromatic rings. The molecule has 0 aliphatic carbocycles. The molecule has 0 aromatic carbocycles. The summed E-state index contributed by atoms with van der Waals surface area (Å²) in [7, 11) is 1.27. The predicted octanol–water partition coefficient (Wildman–Crippen LogP) is 0.956. The zero-order valence-corrected chi connectivity index (χ0v) is 7.55. The molecule has 0 fully saturated rings. The van der Waals surface area contributed by atoms with E-state index in [4.69, 9.17) is 0 Å². The molecule has 0 saturated carbocycles. The molecule has 1 atom stereocenters. The van der Waals surface area contributed by atoms with Crippen LogP contribution in [0, 0.1) is 5.41 Å². The third-order valence-electron chi connectivity index (χ3n) is 1.28. The Balaban J connectivity index is 3.87. The van der Waals surface area contributed by atoms with E-state index in [1.807, 2.05) is 20.8 Å². The van der Waals surface area contributed by atoms with Crippen molar-refractivity contribution in [2.24, 2.45) is 5.41 Å². The first kappa shape index (κ1) is 10.4. The van der Waals surface area contributed by atoms with E-state index in [2.05, 4.69) is 4.74 Å². The highest BCUT2D eigenvalue weighted by Crippen LogP contribution is 2.20. The van der Waals surface area contributed by atoms with Gasteiger partial charge in [0, 0.05) is 0 Å².